The Morgan fingerprint density at radius 1 is 1.19 bits per heavy atom. The smallest absolute Gasteiger partial charge is 0.194 e. The molecule has 27 heavy (non-hydrogen) atoms. The molecule has 0 spiro atoms. The summed E-state index contributed by atoms with van der Waals surface area (Å²) in [5.41, 5.74) is 1.48. The number of hydrogen-bond donors (Lipinski definition) is 1. The van der Waals surface area contributed by atoms with E-state index in [4.69, 9.17) is 14.5 Å². The molecule has 0 bridgehead atoms. The predicted molar refractivity (Wildman–Crippen MR) is 123 cm³/mol. The Morgan fingerprint density at radius 2 is 1.96 bits per heavy atom. The number of benzene rings is 1. The number of ether oxygens (including phenoxy) is 2. The largest absolute Gasteiger partial charge is 0.382 e. The molecule has 2 rings (SSSR count). The minimum Gasteiger partial charge on any atom is -0.382 e. The Hall–Kier alpha value is -0.860. The van der Waals surface area contributed by atoms with Crippen LogP contribution in [0.15, 0.2) is 35.3 Å². The van der Waals surface area contributed by atoms with E-state index >= 15 is 0 Å². The van der Waals surface area contributed by atoms with Crippen LogP contribution in [0.25, 0.3) is 0 Å². The van der Waals surface area contributed by atoms with Gasteiger partial charge in [-0.25, -0.2) is 0 Å². The zero-order valence-corrected chi connectivity index (χ0v) is 19.4. The molecule has 0 aromatic heterocycles. The van der Waals surface area contributed by atoms with Gasteiger partial charge in [-0.2, -0.15) is 0 Å². The van der Waals surface area contributed by atoms with Crippen molar-refractivity contribution in [2.75, 3.05) is 53.1 Å². The van der Waals surface area contributed by atoms with E-state index < -0.39 is 0 Å². The second kappa shape index (κ2) is 14.2. The van der Waals surface area contributed by atoms with Gasteiger partial charge in [0.05, 0.1) is 26.4 Å². The molecule has 154 valence electrons. The first-order valence-corrected chi connectivity index (χ1v) is 9.95. The lowest BCUT2D eigenvalue weighted by molar-refractivity contribution is 0.0747. The maximum atomic E-state index is 5.53. The molecule has 1 aromatic carbocycles. The van der Waals surface area contributed by atoms with Crippen LogP contribution in [-0.4, -0.2) is 64.0 Å². The lowest BCUT2D eigenvalue weighted by Gasteiger charge is -2.40. The lowest BCUT2D eigenvalue weighted by Crippen LogP contribution is -2.48. The number of nitrogens with one attached hydrogen (secondary N) is 1. The Balaban J connectivity index is 0.00000364. The van der Waals surface area contributed by atoms with Gasteiger partial charge < -0.3 is 19.7 Å². The zero-order valence-electron chi connectivity index (χ0n) is 17.0. The van der Waals surface area contributed by atoms with E-state index in [1.165, 1.54) is 18.4 Å². The number of guanidine groups is 1. The highest BCUT2D eigenvalue weighted by molar-refractivity contribution is 14.0. The molecule has 0 amide bonds. The Bertz CT molecular complexity index is 527. The minimum atomic E-state index is 0. The van der Waals surface area contributed by atoms with Gasteiger partial charge >= 0.3 is 0 Å². The van der Waals surface area contributed by atoms with Crippen molar-refractivity contribution in [1.29, 1.82) is 0 Å². The number of likely N-dealkylation sites (tertiary alicyclic amines) is 1. The number of methoxy groups -OCH3 is 1. The van der Waals surface area contributed by atoms with Crippen molar-refractivity contribution in [3.8, 4) is 0 Å². The molecule has 1 aliphatic rings. The number of hydrogen-bond acceptors (Lipinski definition) is 3. The van der Waals surface area contributed by atoms with Gasteiger partial charge in [0.15, 0.2) is 5.96 Å². The molecule has 1 fully saturated rings. The number of nitrogens with zero attached hydrogens (tertiary/aromatic N) is 2. The molecule has 1 aromatic rings. The van der Waals surface area contributed by atoms with E-state index in [9.17, 15) is 0 Å². The van der Waals surface area contributed by atoms with Crippen LogP contribution in [0.3, 0.4) is 0 Å². The van der Waals surface area contributed by atoms with E-state index in [0.717, 1.165) is 25.6 Å². The van der Waals surface area contributed by atoms with E-state index in [1.807, 2.05) is 0 Å². The van der Waals surface area contributed by atoms with Crippen molar-refractivity contribution < 1.29 is 9.47 Å². The van der Waals surface area contributed by atoms with Crippen LogP contribution in [0.4, 0.5) is 0 Å². The summed E-state index contributed by atoms with van der Waals surface area (Å²) in [7, 11) is 1.69. The molecule has 0 aliphatic carbocycles. The fourth-order valence-electron chi connectivity index (χ4n) is 3.66. The Labute approximate surface area is 181 Å². The van der Waals surface area contributed by atoms with Gasteiger partial charge in [0, 0.05) is 26.7 Å². The molecule has 0 radical (unpaired) electrons. The number of aliphatic imine (C=N–C) groups is 1. The van der Waals surface area contributed by atoms with E-state index in [1.54, 1.807) is 7.11 Å². The highest BCUT2D eigenvalue weighted by Gasteiger charge is 2.30. The van der Waals surface area contributed by atoms with Crippen LogP contribution in [0.1, 0.15) is 38.2 Å². The maximum Gasteiger partial charge on any atom is 0.194 e. The third-order valence-electron chi connectivity index (χ3n) is 5.05. The van der Waals surface area contributed by atoms with Gasteiger partial charge in [-0.15, -0.1) is 24.0 Å². The summed E-state index contributed by atoms with van der Waals surface area (Å²) in [6.07, 6.45) is 2.37. The lowest BCUT2D eigenvalue weighted by atomic mass is 9.79. The molecule has 1 N–H and O–H groups in total. The summed E-state index contributed by atoms with van der Waals surface area (Å²) in [5, 5.41) is 3.45. The van der Waals surface area contributed by atoms with E-state index in [2.05, 4.69) is 54.4 Å². The molecule has 1 aliphatic heterocycles. The van der Waals surface area contributed by atoms with E-state index in [-0.39, 0.29) is 24.0 Å². The predicted octanol–water partition coefficient (Wildman–Crippen LogP) is 3.75. The van der Waals surface area contributed by atoms with Crippen molar-refractivity contribution in [2.24, 2.45) is 10.9 Å². The normalized spacial score (nSPS) is 20.3. The molecule has 6 heteroatoms. The molecule has 1 heterocycles. The minimum absolute atomic E-state index is 0. The monoisotopic (exact) mass is 489 g/mol. The standard InChI is InChI=1S/C21H35N3O2.HI/c1-4-18-17-24(13-11-20(18)19-9-7-6-8-10-19)21(22-5-2)23-12-14-26-16-15-25-3;/h6-10,18,20H,4-5,11-17H2,1-3H3,(H,22,23);1H. The zero-order chi connectivity index (χ0) is 18.6. The van der Waals surface area contributed by atoms with Crippen molar-refractivity contribution in [2.45, 2.75) is 32.6 Å². The maximum absolute atomic E-state index is 5.53. The molecule has 0 saturated carbocycles. The van der Waals surface area contributed by atoms with Crippen molar-refractivity contribution in [3.63, 3.8) is 0 Å². The van der Waals surface area contributed by atoms with Gasteiger partial charge in [0.25, 0.3) is 0 Å². The molecular formula is C21H36IN3O2. The topological polar surface area (TPSA) is 46.1 Å². The van der Waals surface area contributed by atoms with Crippen molar-refractivity contribution in [3.05, 3.63) is 35.9 Å². The van der Waals surface area contributed by atoms with Gasteiger partial charge in [-0.3, -0.25) is 4.99 Å². The van der Waals surface area contributed by atoms with Gasteiger partial charge in [0.2, 0.25) is 0 Å². The fourth-order valence-corrected chi connectivity index (χ4v) is 3.66. The molecule has 1 saturated heterocycles. The SMILES string of the molecule is CCNC(=NCCOCCOC)N1CCC(c2ccccc2)C(CC)C1.I. The summed E-state index contributed by atoms with van der Waals surface area (Å²) in [4.78, 5) is 7.19. The quantitative estimate of drug-likeness (QED) is 0.249. The van der Waals surface area contributed by atoms with Crippen LogP contribution >= 0.6 is 24.0 Å². The average molecular weight is 489 g/mol. The van der Waals surface area contributed by atoms with Crippen LogP contribution in [0.5, 0.6) is 0 Å². The fraction of sp³-hybridized carbons (Fsp3) is 0.667. The Kier molecular flexibility index (Phi) is 12.7. The summed E-state index contributed by atoms with van der Waals surface area (Å²) in [5.74, 6) is 2.33. The van der Waals surface area contributed by atoms with Crippen LogP contribution in [0, 0.1) is 5.92 Å². The highest BCUT2D eigenvalue weighted by Crippen LogP contribution is 2.34. The summed E-state index contributed by atoms with van der Waals surface area (Å²) < 4.78 is 10.5. The van der Waals surface area contributed by atoms with Crippen LogP contribution in [0.2, 0.25) is 0 Å². The molecular weight excluding hydrogens is 453 g/mol. The summed E-state index contributed by atoms with van der Waals surface area (Å²) in [6.45, 7) is 10.0. The van der Waals surface area contributed by atoms with Gasteiger partial charge in [-0.05, 0) is 30.7 Å². The molecule has 2 atom stereocenters. The number of piperidine rings is 1. The third-order valence-corrected chi connectivity index (χ3v) is 5.05. The average Bonchev–Trinajstić information content (AvgIpc) is 2.70. The second-order valence-electron chi connectivity index (χ2n) is 6.76. The number of halogens is 1. The Morgan fingerprint density at radius 3 is 2.63 bits per heavy atom. The van der Waals surface area contributed by atoms with Gasteiger partial charge in [-0.1, -0.05) is 43.7 Å². The van der Waals surface area contributed by atoms with E-state index in [0.29, 0.717) is 38.2 Å². The summed E-state index contributed by atoms with van der Waals surface area (Å²) in [6, 6.07) is 11.0. The highest BCUT2D eigenvalue weighted by atomic mass is 127. The molecule has 2 unspecified atom stereocenters. The van der Waals surface area contributed by atoms with Crippen LogP contribution < -0.4 is 5.32 Å². The third kappa shape index (κ3) is 7.95. The second-order valence-corrected chi connectivity index (χ2v) is 6.76. The first kappa shape index (κ1) is 24.2. The van der Waals surface area contributed by atoms with Gasteiger partial charge in [0.1, 0.15) is 0 Å². The molecule has 5 nitrogen and oxygen atoms in total. The van der Waals surface area contributed by atoms with Crippen molar-refractivity contribution >= 4 is 29.9 Å². The summed E-state index contributed by atoms with van der Waals surface area (Å²) >= 11 is 0. The van der Waals surface area contributed by atoms with Crippen molar-refractivity contribution in [1.82, 2.24) is 10.2 Å². The number of rotatable bonds is 9. The first-order chi connectivity index (χ1) is 12.8. The van der Waals surface area contributed by atoms with Crippen LogP contribution in [-0.2, 0) is 9.47 Å². The first-order valence-electron chi connectivity index (χ1n) is 9.95.